The molecule has 0 amide bonds. The van der Waals surface area contributed by atoms with Crippen LogP contribution in [0.4, 0.5) is 0 Å². The van der Waals surface area contributed by atoms with Crippen LogP contribution in [0, 0.1) is 12.1 Å². The molecular weight excluding hydrogens is 474 g/mol. The Hall–Kier alpha value is 0.0114. The zero-order chi connectivity index (χ0) is 22.0. The summed E-state index contributed by atoms with van der Waals surface area (Å²) in [4.78, 5) is 0. The second-order valence-corrected chi connectivity index (χ2v) is 12.0. The van der Waals surface area contributed by atoms with Crippen molar-refractivity contribution in [1.29, 1.82) is 0 Å². The molecule has 1 heteroatoms. The van der Waals surface area contributed by atoms with Crippen molar-refractivity contribution in [2.24, 2.45) is 0 Å². The van der Waals surface area contributed by atoms with Crippen LogP contribution < -0.4 is 0 Å². The van der Waals surface area contributed by atoms with Gasteiger partial charge in [-0.3, -0.25) is 0 Å². The summed E-state index contributed by atoms with van der Waals surface area (Å²) in [5, 5.41) is 0. The fourth-order valence-electron chi connectivity index (χ4n) is 2.68. The Labute approximate surface area is 222 Å². The van der Waals surface area contributed by atoms with Crippen LogP contribution in [0.25, 0.3) is 0 Å². The van der Waals surface area contributed by atoms with Crippen molar-refractivity contribution in [3.63, 3.8) is 0 Å². The molecule has 0 fully saturated rings. The van der Waals surface area contributed by atoms with Gasteiger partial charge in [0.2, 0.25) is 0 Å². The first-order chi connectivity index (χ1) is 12.4. The Morgan fingerprint density at radius 2 is 0.586 bits per heavy atom. The summed E-state index contributed by atoms with van der Waals surface area (Å²) in [7, 11) is 0. The zero-order valence-corrected chi connectivity index (χ0v) is 25.6. The smallest absolute Gasteiger partial charge is 0.183 e. The van der Waals surface area contributed by atoms with E-state index in [0.717, 1.165) is 0 Å². The van der Waals surface area contributed by atoms with Gasteiger partial charge in [-0.1, -0.05) is 105 Å². The molecular formula is C28H42Ba. The molecule has 0 unspecified atom stereocenters. The van der Waals surface area contributed by atoms with Gasteiger partial charge in [0, 0.05) is 0 Å². The van der Waals surface area contributed by atoms with Crippen molar-refractivity contribution in [1.82, 2.24) is 0 Å². The average molecular weight is 516 g/mol. The summed E-state index contributed by atoms with van der Waals surface area (Å²) in [6.07, 6.45) is 0. The Kier molecular flexibility index (Phi) is 10.6. The molecule has 0 atom stereocenters. The number of rotatable bonds is 0. The van der Waals surface area contributed by atoms with E-state index in [9.17, 15) is 0 Å². The van der Waals surface area contributed by atoms with Gasteiger partial charge in [0.25, 0.3) is 0 Å². The van der Waals surface area contributed by atoms with Gasteiger partial charge in [-0.05, 0) is 0 Å². The van der Waals surface area contributed by atoms with Crippen LogP contribution in [0.5, 0.6) is 0 Å². The molecule has 0 N–H and O–H groups in total. The van der Waals surface area contributed by atoms with Crippen molar-refractivity contribution in [2.75, 3.05) is 0 Å². The molecule has 2 aromatic carbocycles. The standard InChI is InChI=1S/2C14H21.Ba/c2*1-13(2,3)11-8-7-9-12(10-11)14(4,5)6;/h2*8-10H,1-6H3;/q2*-1;+2. The maximum Gasteiger partial charge on any atom is 2.00 e. The van der Waals surface area contributed by atoms with Crippen molar-refractivity contribution in [2.45, 2.75) is 105 Å². The Balaban J connectivity index is 0.000000523. The number of benzene rings is 2. The van der Waals surface area contributed by atoms with E-state index in [1.165, 1.54) is 22.3 Å². The Morgan fingerprint density at radius 3 is 0.724 bits per heavy atom. The molecule has 0 aliphatic rings. The van der Waals surface area contributed by atoms with E-state index < -0.39 is 0 Å². The van der Waals surface area contributed by atoms with Crippen molar-refractivity contribution in [3.05, 3.63) is 70.8 Å². The first-order valence-electron chi connectivity index (χ1n) is 10.5. The van der Waals surface area contributed by atoms with Crippen LogP contribution in [0.2, 0.25) is 0 Å². The van der Waals surface area contributed by atoms with Crippen LogP contribution >= 0.6 is 0 Å². The fraction of sp³-hybridized carbons (Fsp3) is 0.571. The molecule has 29 heavy (non-hydrogen) atoms. The van der Waals surface area contributed by atoms with E-state index in [1.807, 2.05) is 0 Å². The van der Waals surface area contributed by atoms with Gasteiger partial charge in [-0.2, -0.15) is 70.8 Å². The molecule has 0 aliphatic heterocycles. The van der Waals surface area contributed by atoms with Gasteiger partial charge in [0.15, 0.2) is 0 Å². The molecule has 2 rings (SSSR count). The molecule has 0 bridgehead atoms. The minimum Gasteiger partial charge on any atom is -0.183 e. The average Bonchev–Trinajstić information content (AvgIpc) is 2.52. The van der Waals surface area contributed by atoms with Gasteiger partial charge < -0.3 is 0 Å². The molecule has 0 spiro atoms. The first kappa shape index (κ1) is 29.0. The molecule has 0 saturated heterocycles. The Bertz CT molecular complexity index is 630. The van der Waals surface area contributed by atoms with E-state index in [-0.39, 0.29) is 70.5 Å². The summed E-state index contributed by atoms with van der Waals surface area (Å²) >= 11 is 0. The molecule has 0 radical (unpaired) electrons. The number of hydrogen-bond acceptors (Lipinski definition) is 0. The fourth-order valence-corrected chi connectivity index (χ4v) is 2.68. The predicted molar refractivity (Wildman–Crippen MR) is 131 cm³/mol. The largest absolute Gasteiger partial charge is 2.00 e. The first-order valence-corrected chi connectivity index (χ1v) is 10.5. The van der Waals surface area contributed by atoms with Crippen LogP contribution in [-0.2, 0) is 21.7 Å². The Morgan fingerprint density at radius 1 is 0.414 bits per heavy atom. The van der Waals surface area contributed by atoms with Gasteiger partial charge in [-0.25, -0.2) is 0 Å². The van der Waals surface area contributed by atoms with Crippen molar-refractivity contribution < 1.29 is 0 Å². The number of hydrogen-bond donors (Lipinski definition) is 0. The van der Waals surface area contributed by atoms with Gasteiger partial charge in [0.1, 0.15) is 0 Å². The molecule has 0 aliphatic carbocycles. The van der Waals surface area contributed by atoms with Gasteiger partial charge in [-0.15, -0.1) is 0 Å². The molecule has 156 valence electrons. The second-order valence-electron chi connectivity index (χ2n) is 12.0. The minimum absolute atomic E-state index is 0. The monoisotopic (exact) mass is 516 g/mol. The van der Waals surface area contributed by atoms with E-state index >= 15 is 0 Å². The van der Waals surface area contributed by atoms with E-state index in [2.05, 4.69) is 132 Å². The third-order valence-corrected chi connectivity index (χ3v) is 5.04. The summed E-state index contributed by atoms with van der Waals surface area (Å²) in [5.41, 5.74) is 6.34. The van der Waals surface area contributed by atoms with Crippen molar-refractivity contribution in [3.8, 4) is 0 Å². The molecule has 0 nitrogen and oxygen atoms in total. The maximum atomic E-state index is 3.24. The summed E-state index contributed by atoms with van der Waals surface area (Å²) < 4.78 is 0. The topological polar surface area (TPSA) is 0 Å². The maximum absolute atomic E-state index is 3.24. The van der Waals surface area contributed by atoms with E-state index in [4.69, 9.17) is 0 Å². The van der Waals surface area contributed by atoms with Crippen LogP contribution in [0.3, 0.4) is 0 Å². The normalized spacial score (nSPS) is 12.6. The summed E-state index contributed by atoms with van der Waals surface area (Å²) in [6.45, 7) is 26.9. The molecule has 0 aromatic heterocycles. The molecule has 2 aromatic rings. The minimum atomic E-state index is 0. The van der Waals surface area contributed by atoms with Gasteiger partial charge >= 0.3 is 48.9 Å². The zero-order valence-electron chi connectivity index (χ0n) is 21.2. The molecule has 0 heterocycles. The van der Waals surface area contributed by atoms with E-state index in [1.54, 1.807) is 0 Å². The quantitative estimate of drug-likeness (QED) is 0.248. The SMILES string of the molecule is CC(C)(C)c1c[c-]cc(C(C)(C)C)c1.CC(C)(C)c1c[c-]cc(C(C)(C)C)c1.[Ba+2]. The second kappa shape index (κ2) is 10.6. The third kappa shape index (κ3) is 9.78. The van der Waals surface area contributed by atoms with Crippen LogP contribution in [0.15, 0.2) is 36.4 Å². The predicted octanol–water partition coefficient (Wildman–Crippen LogP) is 7.78. The van der Waals surface area contributed by atoms with Crippen LogP contribution in [0.1, 0.15) is 105 Å². The summed E-state index contributed by atoms with van der Waals surface area (Å²) in [5.74, 6) is 0. The van der Waals surface area contributed by atoms with Gasteiger partial charge in [0.05, 0.1) is 0 Å². The third-order valence-electron chi connectivity index (χ3n) is 5.04. The summed E-state index contributed by atoms with van der Waals surface area (Å²) in [6, 6.07) is 19.5. The van der Waals surface area contributed by atoms with E-state index in [0.29, 0.717) is 0 Å². The molecule has 0 saturated carbocycles. The van der Waals surface area contributed by atoms with Crippen LogP contribution in [-0.4, -0.2) is 48.9 Å². The van der Waals surface area contributed by atoms with Crippen molar-refractivity contribution >= 4 is 48.9 Å².